The van der Waals surface area contributed by atoms with E-state index in [9.17, 15) is 0 Å². The van der Waals surface area contributed by atoms with Crippen LogP contribution in [0.1, 0.15) is 44.2 Å². The molecule has 1 N–H and O–H groups in total. The second-order valence-electron chi connectivity index (χ2n) is 5.99. The van der Waals surface area contributed by atoms with Crippen LogP contribution in [0, 0.1) is 5.92 Å². The van der Waals surface area contributed by atoms with Gasteiger partial charge in [0.2, 0.25) is 0 Å². The van der Waals surface area contributed by atoms with E-state index in [0.29, 0.717) is 0 Å². The first-order chi connectivity index (χ1) is 9.20. The normalized spacial score (nSPS) is 16.8. The van der Waals surface area contributed by atoms with Gasteiger partial charge in [0.15, 0.2) is 0 Å². The van der Waals surface area contributed by atoms with Gasteiger partial charge < -0.3 is 5.32 Å². The van der Waals surface area contributed by atoms with Gasteiger partial charge in [0.05, 0.1) is 0 Å². The van der Waals surface area contributed by atoms with E-state index >= 15 is 0 Å². The van der Waals surface area contributed by atoms with Gasteiger partial charge in [-0.25, -0.2) is 0 Å². The fourth-order valence-electron chi connectivity index (χ4n) is 2.54. The predicted molar refractivity (Wildman–Crippen MR) is 82.1 cm³/mol. The van der Waals surface area contributed by atoms with Crippen molar-refractivity contribution in [2.45, 2.75) is 52.2 Å². The second-order valence-corrected chi connectivity index (χ2v) is 5.99. The van der Waals surface area contributed by atoms with E-state index in [1.165, 1.54) is 30.4 Å². The van der Waals surface area contributed by atoms with Crippen LogP contribution in [0.25, 0.3) is 0 Å². The summed E-state index contributed by atoms with van der Waals surface area (Å²) in [6.45, 7) is 7.72. The van der Waals surface area contributed by atoms with Crippen LogP contribution in [0.4, 0.5) is 0 Å². The lowest BCUT2D eigenvalue weighted by Gasteiger charge is -2.24. The van der Waals surface area contributed by atoms with Gasteiger partial charge in [0, 0.05) is 19.1 Å². The second kappa shape index (κ2) is 7.06. The smallest absolute Gasteiger partial charge is 0.0233 e. The SMILES string of the molecule is CCCNCc1ccc(CN(C)C(C)C2CC2)cc1. The highest BCUT2D eigenvalue weighted by Gasteiger charge is 2.30. The lowest BCUT2D eigenvalue weighted by Crippen LogP contribution is -2.30. The van der Waals surface area contributed by atoms with E-state index in [2.05, 4.69) is 55.4 Å². The minimum absolute atomic E-state index is 0.728. The minimum Gasteiger partial charge on any atom is -0.313 e. The Kier molecular flexibility index (Phi) is 5.41. The van der Waals surface area contributed by atoms with Crippen LogP contribution in [-0.4, -0.2) is 24.5 Å². The molecule has 2 heteroatoms. The number of hydrogen-bond donors (Lipinski definition) is 1. The van der Waals surface area contributed by atoms with Gasteiger partial charge in [0.1, 0.15) is 0 Å². The highest BCUT2D eigenvalue weighted by molar-refractivity contribution is 5.22. The Morgan fingerprint density at radius 1 is 1.21 bits per heavy atom. The number of rotatable bonds is 8. The topological polar surface area (TPSA) is 15.3 Å². The van der Waals surface area contributed by atoms with Gasteiger partial charge in [-0.05, 0) is 56.8 Å². The first kappa shape index (κ1) is 14.5. The fraction of sp³-hybridized carbons (Fsp3) is 0.647. The van der Waals surface area contributed by atoms with Gasteiger partial charge in [0.25, 0.3) is 0 Å². The molecular formula is C17H28N2. The third-order valence-corrected chi connectivity index (χ3v) is 4.21. The quantitative estimate of drug-likeness (QED) is 0.721. The van der Waals surface area contributed by atoms with E-state index in [0.717, 1.165) is 31.6 Å². The summed E-state index contributed by atoms with van der Waals surface area (Å²) in [5, 5.41) is 3.44. The van der Waals surface area contributed by atoms with E-state index in [-0.39, 0.29) is 0 Å². The molecule has 0 aromatic heterocycles. The van der Waals surface area contributed by atoms with Gasteiger partial charge >= 0.3 is 0 Å². The Hall–Kier alpha value is -0.860. The monoisotopic (exact) mass is 260 g/mol. The van der Waals surface area contributed by atoms with E-state index < -0.39 is 0 Å². The average molecular weight is 260 g/mol. The molecule has 0 spiro atoms. The van der Waals surface area contributed by atoms with Crippen molar-refractivity contribution >= 4 is 0 Å². The van der Waals surface area contributed by atoms with E-state index in [4.69, 9.17) is 0 Å². The van der Waals surface area contributed by atoms with Crippen molar-refractivity contribution in [3.05, 3.63) is 35.4 Å². The highest BCUT2D eigenvalue weighted by Crippen LogP contribution is 2.35. The Bertz CT molecular complexity index is 367. The number of benzene rings is 1. The number of hydrogen-bond acceptors (Lipinski definition) is 2. The molecule has 0 heterocycles. The number of nitrogens with one attached hydrogen (secondary N) is 1. The summed E-state index contributed by atoms with van der Waals surface area (Å²) in [6.07, 6.45) is 4.04. The van der Waals surface area contributed by atoms with E-state index in [1.54, 1.807) is 0 Å². The van der Waals surface area contributed by atoms with Crippen molar-refractivity contribution in [2.75, 3.05) is 13.6 Å². The molecule has 1 saturated carbocycles. The molecule has 2 nitrogen and oxygen atoms in total. The summed E-state index contributed by atoms with van der Waals surface area (Å²) in [5.74, 6) is 0.947. The summed E-state index contributed by atoms with van der Waals surface area (Å²) in [5.41, 5.74) is 2.81. The van der Waals surface area contributed by atoms with Crippen LogP contribution in [0.15, 0.2) is 24.3 Å². The zero-order chi connectivity index (χ0) is 13.7. The maximum absolute atomic E-state index is 3.44. The van der Waals surface area contributed by atoms with Crippen LogP contribution in [0.5, 0.6) is 0 Å². The molecule has 1 aromatic carbocycles. The van der Waals surface area contributed by atoms with Crippen molar-refractivity contribution in [1.29, 1.82) is 0 Å². The third kappa shape index (κ3) is 4.63. The van der Waals surface area contributed by atoms with Crippen molar-refractivity contribution in [2.24, 2.45) is 5.92 Å². The van der Waals surface area contributed by atoms with Crippen molar-refractivity contribution in [1.82, 2.24) is 10.2 Å². The maximum atomic E-state index is 3.44. The molecule has 1 fully saturated rings. The molecule has 2 rings (SSSR count). The van der Waals surface area contributed by atoms with Crippen molar-refractivity contribution in [3.8, 4) is 0 Å². The largest absolute Gasteiger partial charge is 0.313 e. The van der Waals surface area contributed by atoms with Crippen molar-refractivity contribution < 1.29 is 0 Å². The Morgan fingerprint density at radius 3 is 2.42 bits per heavy atom. The molecule has 1 unspecified atom stereocenters. The Balaban J connectivity index is 1.80. The van der Waals surface area contributed by atoms with E-state index in [1.807, 2.05) is 0 Å². The Labute approximate surface area is 118 Å². The Morgan fingerprint density at radius 2 is 1.84 bits per heavy atom. The molecular weight excluding hydrogens is 232 g/mol. The molecule has 0 amide bonds. The lowest BCUT2D eigenvalue weighted by molar-refractivity contribution is 0.226. The molecule has 106 valence electrons. The molecule has 1 atom stereocenters. The standard InChI is InChI=1S/C17H28N2/c1-4-11-18-12-15-5-7-16(8-6-15)13-19(3)14(2)17-9-10-17/h5-8,14,17-18H,4,9-13H2,1-3H3. The van der Waals surface area contributed by atoms with Gasteiger partial charge in [-0.1, -0.05) is 31.2 Å². The van der Waals surface area contributed by atoms with Gasteiger partial charge in [-0.3, -0.25) is 4.90 Å². The van der Waals surface area contributed by atoms with Crippen LogP contribution >= 0.6 is 0 Å². The first-order valence-corrected chi connectivity index (χ1v) is 7.69. The van der Waals surface area contributed by atoms with Crippen LogP contribution in [-0.2, 0) is 13.1 Å². The maximum Gasteiger partial charge on any atom is 0.0233 e. The molecule has 0 bridgehead atoms. The summed E-state index contributed by atoms with van der Waals surface area (Å²) in [7, 11) is 2.25. The summed E-state index contributed by atoms with van der Waals surface area (Å²) >= 11 is 0. The van der Waals surface area contributed by atoms with Crippen LogP contribution in [0.2, 0.25) is 0 Å². The zero-order valence-corrected chi connectivity index (χ0v) is 12.7. The first-order valence-electron chi connectivity index (χ1n) is 7.69. The predicted octanol–water partition coefficient (Wildman–Crippen LogP) is 3.42. The summed E-state index contributed by atoms with van der Waals surface area (Å²) in [4.78, 5) is 2.49. The van der Waals surface area contributed by atoms with Crippen LogP contribution < -0.4 is 5.32 Å². The third-order valence-electron chi connectivity index (χ3n) is 4.21. The molecule has 0 saturated heterocycles. The summed E-state index contributed by atoms with van der Waals surface area (Å²) < 4.78 is 0. The molecule has 1 aliphatic rings. The summed E-state index contributed by atoms with van der Waals surface area (Å²) in [6, 6.07) is 9.80. The molecule has 1 aromatic rings. The van der Waals surface area contributed by atoms with Crippen molar-refractivity contribution in [3.63, 3.8) is 0 Å². The van der Waals surface area contributed by atoms with Crippen LogP contribution in [0.3, 0.4) is 0 Å². The molecule has 1 aliphatic carbocycles. The van der Waals surface area contributed by atoms with Gasteiger partial charge in [-0.15, -0.1) is 0 Å². The fourth-order valence-corrected chi connectivity index (χ4v) is 2.54. The highest BCUT2D eigenvalue weighted by atomic mass is 15.1. The molecule has 0 aliphatic heterocycles. The molecule has 19 heavy (non-hydrogen) atoms. The molecule has 0 radical (unpaired) electrons. The minimum atomic E-state index is 0.728. The van der Waals surface area contributed by atoms with Gasteiger partial charge in [-0.2, -0.15) is 0 Å². The number of nitrogens with zero attached hydrogens (tertiary/aromatic N) is 1. The zero-order valence-electron chi connectivity index (χ0n) is 12.7. The lowest BCUT2D eigenvalue weighted by atomic mass is 10.1. The average Bonchev–Trinajstić information content (AvgIpc) is 3.24.